The molecule has 106 valence electrons. The molecule has 0 amide bonds. The maximum atomic E-state index is 11.9. The largest absolute Gasteiger partial charge is 0.494 e. The molecule has 1 aromatic carbocycles. The molecule has 0 spiro atoms. The fourth-order valence-electron chi connectivity index (χ4n) is 1.46. The predicted molar refractivity (Wildman–Crippen MR) is 74.2 cm³/mol. The molecule has 0 aliphatic rings. The van der Waals surface area contributed by atoms with Crippen LogP contribution in [0.1, 0.15) is 12.7 Å². The van der Waals surface area contributed by atoms with Crippen molar-refractivity contribution in [2.24, 2.45) is 5.10 Å². The number of nitrogens with zero attached hydrogens (tertiary/aromatic N) is 1. The van der Waals surface area contributed by atoms with Gasteiger partial charge in [0.05, 0.1) is 24.0 Å². The lowest BCUT2D eigenvalue weighted by molar-refractivity contribution is 0.340. The summed E-state index contributed by atoms with van der Waals surface area (Å²) in [6.07, 6.45) is 2.76. The average molecular weight is 294 g/mol. The molecule has 6 nitrogen and oxygen atoms in total. The lowest BCUT2D eigenvalue weighted by atomic mass is 10.3. The normalized spacial score (nSPS) is 11.7. The summed E-state index contributed by atoms with van der Waals surface area (Å²) in [5.41, 5.74) is 0. The summed E-state index contributed by atoms with van der Waals surface area (Å²) in [5, 5.41) is 3.63. The molecule has 0 aliphatic carbocycles. The molecule has 7 heteroatoms. The smallest absolute Gasteiger partial charge is 0.276 e. The van der Waals surface area contributed by atoms with E-state index in [1.165, 1.54) is 24.6 Å². The van der Waals surface area contributed by atoms with Gasteiger partial charge < -0.3 is 9.15 Å². The molecule has 20 heavy (non-hydrogen) atoms. The van der Waals surface area contributed by atoms with Crippen LogP contribution in [0.25, 0.3) is 0 Å². The van der Waals surface area contributed by atoms with E-state index >= 15 is 0 Å². The number of rotatable bonds is 6. The predicted octanol–water partition coefficient (Wildman–Crippen LogP) is 1.99. The maximum absolute atomic E-state index is 11.9. The molecule has 0 fully saturated rings. The van der Waals surface area contributed by atoms with Crippen LogP contribution in [0, 0.1) is 0 Å². The van der Waals surface area contributed by atoms with Crippen LogP contribution in [0.5, 0.6) is 5.75 Å². The highest BCUT2D eigenvalue weighted by atomic mass is 32.2. The SMILES string of the molecule is CCOc1ccc(S(=O)(=O)N/N=C/c2ccco2)cc1. The van der Waals surface area contributed by atoms with Crippen molar-refractivity contribution >= 4 is 16.2 Å². The van der Waals surface area contributed by atoms with E-state index in [4.69, 9.17) is 9.15 Å². The number of benzene rings is 1. The molecule has 2 aromatic rings. The van der Waals surface area contributed by atoms with Gasteiger partial charge >= 0.3 is 0 Å². The van der Waals surface area contributed by atoms with E-state index in [0.29, 0.717) is 18.1 Å². The Morgan fingerprint density at radius 2 is 2.05 bits per heavy atom. The molecule has 1 aromatic heterocycles. The number of hydrogen-bond donors (Lipinski definition) is 1. The average Bonchev–Trinajstić information content (AvgIpc) is 2.93. The van der Waals surface area contributed by atoms with Gasteiger partial charge in [-0.1, -0.05) is 0 Å². The second-order valence-corrected chi connectivity index (χ2v) is 5.43. The molecule has 1 N–H and O–H groups in total. The molecule has 1 heterocycles. The van der Waals surface area contributed by atoms with Gasteiger partial charge in [0.2, 0.25) is 0 Å². The minimum atomic E-state index is -3.69. The summed E-state index contributed by atoms with van der Waals surface area (Å²) in [6, 6.07) is 9.44. The highest BCUT2D eigenvalue weighted by molar-refractivity contribution is 7.89. The van der Waals surface area contributed by atoms with Crippen LogP contribution in [-0.4, -0.2) is 21.2 Å². The van der Waals surface area contributed by atoms with Crippen molar-refractivity contribution in [2.75, 3.05) is 6.61 Å². The first-order chi connectivity index (χ1) is 9.62. The van der Waals surface area contributed by atoms with Gasteiger partial charge in [0.1, 0.15) is 11.5 Å². The molecular weight excluding hydrogens is 280 g/mol. The summed E-state index contributed by atoms with van der Waals surface area (Å²) in [6.45, 7) is 2.38. The monoisotopic (exact) mass is 294 g/mol. The topological polar surface area (TPSA) is 80.9 Å². The summed E-state index contributed by atoms with van der Waals surface area (Å²) in [7, 11) is -3.69. The number of furan rings is 1. The molecule has 2 rings (SSSR count). The Kier molecular flexibility index (Phi) is 4.41. The third-order valence-corrected chi connectivity index (χ3v) is 3.59. The number of ether oxygens (including phenoxy) is 1. The Balaban J connectivity index is 2.06. The van der Waals surface area contributed by atoms with Gasteiger partial charge in [-0.25, -0.2) is 0 Å². The van der Waals surface area contributed by atoms with Gasteiger partial charge in [-0.05, 0) is 43.3 Å². The lowest BCUT2D eigenvalue weighted by Crippen LogP contribution is -2.18. The molecule has 0 bridgehead atoms. The van der Waals surface area contributed by atoms with Gasteiger partial charge in [0.25, 0.3) is 10.0 Å². The summed E-state index contributed by atoms with van der Waals surface area (Å²) < 4.78 is 34.1. The van der Waals surface area contributed by atoms with Crippen molar-refractivity contribution in [1.29, 1.82) is 0 Å². The maximum Gasteiger partial charge on any atom is 0.276 e. The van der Waals surface area contributed by atoms with Crippen LogP contribution >= 0.6 is 0 Å². The van der Waals surface area contributed by atoms with Crippen molar-refractivity contribution in [2.45, 2.75) is 11.8 Å². The summed E-state index contributed by atoms with van der Waals surface area (Å²) >= 11 is 0. The van der Waals surface area contributed by atoms with E-state index in [2.05, 4.69) is 9.93 Å². The first kappa shape index (κ1) is 14.1. The van der Waals surface area contributed by atoms with Crippen molar-refractivity contribution in [3.63, 3.8) is 0 Å². The minimum Gasteiger partial charge on any atom is -0.494 e. The van der Waals surface area contributed by atoms with E-state index in [0.717, 1.165) is 0 Å². The zero-order valence-electron chi connectivity index (χ0n) is 10.8. The van der Waals surface area contributed by atoms with Crippen LogP contribution in [0.2, 0.25) is 0 Å². The van der Waals surface area contributed by atoms with Gasteiger partial charge in [-0.3, -0.25) is 0 Å². The number of hydrogen-bond acceptors (Lipinski definition) is 5. The van der Waals surface area contributed by atoms with Crippen LogP contribution < -0.4 is 9.57 Å². The van der Waals surface area contributed by atoms with E-state index < -0.39 is 10.0 Å². The van der Waals surface area contributed by atoms with Gasteiger partial charge in [0, 0.05) is 0 Å². The highest BCUT2D eigenvalue weighted by Gasteiger charge is 2.12. The fourth-order valence-corrected chi connectivity index (χ4v) is 2.25. The first-order valence-electron chi connectivity index (χ1n) is 5.93. The quantitative estimate of drug-likeness (QED) is 0.652. The zero-order chi connectivity index (χ0) is 14.4. The van der Waals surface area contributed by atoms with E-state index in [1.807, 2.05) is 6.92 Å². The standard InChI is InChI=1S/C13H14N2O4S/c1-2-18-11-5-7-13(8-6-11)20(16,17)15-14-10-12-4-3-9-19-12/h3-10,15H,2H2,1H3/b14-10+. The minimum absolute atomic E-state index is 0.109. The number of nitrogens with one attached hydrogen (secondary N) is 1. The van der Waals surface area contributed by atoms with Crippen LogP contribution in [-0.2, 0) is 10.0 Å². The number of sulfonamides is 1. The Hall–Kier alpha value is -2.28. The molecule has 0 saturated carbocycles. The molecule has 0 aliphatic heterocycles. The van der Waals surface area contributed by atoms with Gasteiger partial charge in [0.15, 0.2) is 0 Å². The van der Waals surface area contributed by atoms with Crippen molar-refractivity contribution < 1.29 is 17.6 Å². The Morgan fingerprint density at radius 3 is 2.65 bits per heavy atom. The second-order valence-electron chi connectivity index (χ2n) is 3.77. The van der Waals surface area contributed by atoms with Crippen molar-refractivity contribution in [3.05, 3.63) is 48.4 Å². The second kappa shape index (κ2) is 6.25. The lowest BCUT2D eigenvalue weighted by Gasteiger charge is -2.05. The van der Waals surface area contributed by atoms with E-state index in [-0.39, 0.29) is 4.90 Å². The van der Waals surface area contributed by atoms with Crippen molar-refractivity contribution in [3.8, 4) is 5.75 Å². The highest BCUT2D eigenvalue weighted by Crippen LogP contribution is 2.15. The molecule has 0 radical (unpaired) electrons. The van der Waals surface area contributed by atoms with Crippen LogP contribution in [0.3, 0.4) is 0 Å². The van der Waals surface area contributed by atoms with E-state index in [1.54, 1.807) is 24.3 Å². The van der Waals surface area contributed by atoms with Crippen LogP contribution in [0.4, 0.5) is 0 Å². The summed E-state index contributed by atoms with van der Waals surface area (Å²) in [4.78, 5) is 2.21. The third kappa shape index (κ3) is 3.61. The van der Waals surface area contributed by atoms with Gasteiger partial charge in [-0.2, -0.15) is 18.4 Å². The van der Waals surface area contributed by atoms with Gasteiger partial charge in [-0.15, -0.1) is 0 Å². The molecule has 0 atom stereocenters. The molecule has 0 saturated heterocycles. The fraction of sp³-hybridized carbons (Fsp3) is 0.154. The zero-order valence-corrected chi connectivity index (χ0v) is 11.6. The summed E-state index contributed by atoms with van der Waals surface area (Å²) in [5.74, 6) is 1.07. The first-order valence-corrected chi connectivity index (χ1v) is 7.41. The molecular formula is C13H14N2O4S. The Morgan fingerprint density at radius 1 is 1.30 bits per heavy atom. The number of hydrazone groups is 1. The molecule has 0 unspecified atom stereocenters. The Bertz CT molecular complexity index is 661. The van der Waals surface area contributed by atoms with E-state index in [9.17, 15) is 8.42 Å². The van der Waals surface area contributed by atoms with Crippen molar-refractivity contribution in [1.82, 2.24) is 4.83 Å². The van der Waals surface area contributed by atoms with Crippen LogP contribution in [0.15, 0.2) is 57.1 Å². The Labute approximate surface area is 117 Å². The third-order valence-electron chi connectivity index (χ3n) is 2.35.